The van der Waals surface area contributed by atoms with E-state index < -0.39 is 11.8 Å². The van der Waals surface area contributed by atoms with Gasteiger partial charge in [-0.15, -0.1) is 23.5 Å². The topological polar surface area (TPSA) is 239 Å². The average molecular weight is 890 g/mol. The van der Waals surface area contributed by atoms with E-state index in [2.05, 4.69) is 46.9 Å². The van der Waals surface area contributed by atoms with E-state index in [0.717, 1.165) is 19.2 Å². The third-order valence-electron chi connectivity index (χ3n) is 8.03. The molecular weight excluding hydrogens is 840 g/mol. The summed E-state index contributed by atoms with van der Waals surface area (Å²) in [6.45, 7) is 6.62. The number of unbranched alkanes of at least 4 members (excludes halogenated alkanes) is 3. The van der Waals surface area contributed by atoms with Crippen LogP contribution in [0.1, 0.15) is 93.1 Å². The van der Waals surface area contributed by atoms with Crippen LogP contribution in [0.2, 0.25) is 10.0 Å². The number of nitrogens with zero attached hydrogens (tertiary/aromatic N) is 3. The van der Waals surface area contributed by atoms with E-state index in [1.54, 1.807) is 26.0 Å². The molecule has 6 amide bonds. The van der Waals surface area contributed by atoms with Crippen LogP contribution < -0.4 is 37.6 Å². The van der Waals surface area contributed by atoms with Crippen molar-refractivity contribution in [3.63, 3.8) is 0 Å². The first-order chi connectivity index (χ1) is 28.3. The molecule has 0 fully saturated rings. The number of rotatable bonds is 25. The number of nitrogens with two attached hydrogens (primary N) is 1. The molecule has 59 heavy (non-hydrogen) atoms. The smallest absolute Gasteiger partial charge is 0.274 e. The number of halogens is 2. The normalized spacial score (nSPS) is 11.0. The second-order valence-electron chi connectivity index (χ2n) is 12.9. The molecule has 0 aliphatic heterocycles. The SMILES string of the molecule is CCCCCC(=O)Nc1cc(Cl)cc(NC(=O)c2cc(C(=O)Nc3cc(Cl)cc(NC(=O)CCCCN=C(C)N)c3SCCNC(=O)CC)ncn2)c1SCCNC=O. The van der Waals surface area contributed by atoms with Crippen molar-refractivity contribution in [2.24, 2.45) is 10.7 Å². The molecule has 0 unspecified atom stereocenters. The molecule has 0 atom stereocenters. The molecule has 318 valence electrons. The van der Waals surface area contributed by atoms with Gasteiger partial charge in [0.15, 0.2) is 0 Å². The molecule has 0 spiro atoms. The number of carbonyl (C=O) groups excluding carboxylic acids is 6. The average Bonchev–Trinajstić information content (AvgIpc) is 3.19. The first kappa shape index (κ1) is 48.5. The molecule has 0 radical (unpaired) electrons. The van der Waals surface area contributed by atoms with Crippen LogP contribution in [0.3, 0.4) is 0 Å². The highest BCUT2D eigenvalue weighted by molar-refractivity contribution is 7.99. The lowest BCUT2D eigenvalue weighted by molar-refractivity contribution is -0.120. The summed E-state index contributed by atoms with van der Waals surface area (Å²) in [5.41, 5.74) is 6.56. The Morgan fingerprint density at radius 3 is 1.68 bits per heavy atom. The highest BCUT2D eigenvalue weighted by Crippen LogP contribution is 2.39. The van der Waals surface area contributed by atoms with E-state index in [-0.39, 0.29) is 57.0 Å². The number of nitrogens with one attached hydrogen (secondary N) is 6. The number of thioether (sulfide) groups is 2. The summed E-state index contributed by atoms with van der Waals surface area (Å²) in [5.74, 6) is -0.723. The van der Waals surface area contributed by atoms with Crippen LogP contribution in [0.5, 0.6) is 0 Å². The van der Waals surface area contributed by atoms with Crippen LogP contribution in [0.15, 0.2) is 51.4 Å². The molecule has 1 aromatic heterocycles. The fourth-order valence-electron chi connectivity index (χ4n) is 5.20. The highest BCUT2D eigenvalue weighted by atomic mass is 35.5. The van der Waals surface area contributed by atoms with E-state index in [0.29, 0.717) is 96.7 Å². The largest absolute Gasteiger partial charge is 0.388 e. The zero-order valence-corrected chi connectivity index (χ0v) is 36.3. The zero-order valence-electron chi connectivity index (χ0n) is 33.2. The molecule has 0 saturated heterocycles. The highest BCUT2D eigenvalue weighted by Gasteiger charge is 2.21. The number of aliphatic imine (C=N–C) groups is 1. The fraction of sp³-hybridized carbons (Fsp3) is 0.410. The predicted octanol–water partition coefficient (Wildman–Crippen LogP) is 6.75. The van der Waals surface area contributed by atoms with Gasteiger partial charge in [0.2, 0.25) is 24.1 Å². The quantitative estimate of drug-likeness (QED) is 0.0154. The summed E-state index contributed by atoms with van der Waals surface area (Å²) in [5, 5.41) is 17.2. The Balaban J connectivity index is 1.87. The van der Waals surface area contributed by atoms with Crippen molar-refractivity contribution >= 4 is 111 Å². The molecule has 0 aliphatic rings. The van der Waals surface area contributed by atoms with Gasteiger partial charge >= 0.3 is 0 Å². The van der Waals surface area contributed by atoms with Crippen LogP contribution in [0.4, 0.5) is 22.7 Å². The summed E-state index contributed by atoms with van der Waals surface area (Å²) in [4.78, 5) is 89.2. The molecule has 16 nitrogen and oxygen atoms in total. The Kier molecular flexibility index (Phi) is 21.6. The van der Waals surface area contributed by atoms with Crippen LogP contribution in [0, 0.1) is 0 Å². The Hall–Kier alpha value is -4.91. The second-order valence-corrected chi connectivity index (χ2v) is 15.9. The number of hydrogen-bond donors (Lipinski definition) is 7. The predicted molar refractivity (Wildman–Crippen MR) is 237 cm³/mol. The maximum atomic E-state index is 13.7. The summed E-state index contributed by atoms with van der Waals surface area (Å²) in [6.07, 6.45) is 6.26. The van der Waals surface area contributed by atoms with E-state index >= 15 is 0 Å². The van der Waals surface area contributed by atoms with E-state index in [4.69, 9.17) is 28.9 Å². The van der Waals surface area contributed by atoms with Crippen LogP contribution in [0.25, 0.3) is 0 Å². The maximum Gasteiger partial charge on any atom is 0.274 e. The van der Waals surface area contributed by atoms with Crippen molar-refractivity contribution in [1.29, 1.82) is 0 Å². The number of aromatic nitrogens is 2. The van der Waals surface area contributed by atoms with Gasteiger partial charge < -0.3 is 37.6 Å². The Morgan fingerprint density at radius 1 is 0.712 bits per heavy atom. The van der Waals surface area contributed by atoms with Crippen LogP contribution >= 0.6 is 46.7 Å². The lowest BCUT2D eigenvalue weighted by Gasteiger charge is -2.17. The zero-order chi connectivity index (χ0) is 43.2. The van der Waals surface area contributed by atoms with Crippen LogP contribution in [-0.4, -0.2) is 82.9 Å². The fourth-order valence-corrected chi connectivity index (χ4v) is 7.53. The number of benzene rings is 2. The first-order valence-corrected chi connectivity index (χ1v) is 21.7. The van der Waals surface area contributed by atoms with Crippen molar-refractivity contribution in [2.45, 2.75) is 81.9 Å². The molecule has 20 heteroatoms. The van der Waals surface area contributed by atoms with E-state index in [1.807, 2.05) is 6.92 Å². The molecule has 0 aliphatic carbocycles. The number of carbonyl (C=O) groups is 6. The molecule has 0 saturated carbocycles. The van der Waals surface area contributed by atoms with Gasteiger partial charge in [-0.05, 0) is 50.5 Å². The van der Waals surface area contributed by atoms with Crippen LogP contribution in [-0.2, 0) is 19.2 Å². The van der Waals surface area contributed by atoms with Gasteiger partial charge in [-0.2, -0.15) is 0 Å². The van der Waals surface area contributed by atoms with Gasteiger partial charge in [0.25, 0.3) is 11.8 Å². The minimum Gasteiger partial charge on any atom is -0.388 e. The summed E-state index contributed by atoms with van der Waals surface area (Å²) < 4.78 is 0. The number of amides is 6. The van der Waals surface area contributed by atoms with Gasteiger partial charge in [-0.25, -0.2) is 9.97 Å². The molecule has 1 heterocycles. The minimum atomic E-state index is -0.701. The number of amidine groups is 1. The number of anilines is 4. The Labute approximate surface area is 362 Å². The number of hydrogen-bond acceptors (Lipinski definition) is 11. The summed E-state index contributed by atoms with van der Waals surface area (Å²) >= 11 is 15.5. The lowest BCUT2D eigenvalue weighted by atomic mass is 10.2. The van der Waals surface area contributed by atoms with Crippen molar-refractivity contribution in [2.75, 3.05) is 52.4 Å². The molecule has 0 bridgehead atoms. The van der Waals surface area contributed by atoms with Gasteiger partial charge in [0.05, 0.1) is 38.4 Å². The van der Waals surface area contributed by atoms with Gasteiger partial charge in [-0.1, -0.05) is 49.9 Å². The van der Waals surface area contributed by atoms with Gasteiger partial charge in [0.1, 0.15) is 17.7 Å². The Morgan fingerprint density at radius 2 is 1.20 bits per heavy atom. The molecule has 8 N–H and O–H groups in total. The third-order valence-corrected chi connectivity index (χ3v) is 10.7. The van der Waals surface area contributed by atoms with Crippen molar-refractivity contribution in [3.8, 4) is 0 Å². The summed E-state index contributed by atoms with van der Waals surface area (Å²) in [7, 11) is 0. The van der Waals surface area contributed by atoms with Gasteiger partial charge in [-0.3, -0.25) is 33.8 Å². The molecule has 2 aromatic carbocycles. The maximum absolute atomic E-state index is 13.7. The molecule has 3 rings (SSSR count). The second kappa shape index (κ2) is 26.2. The Bertz CT molecular complexity index is 1980. The van der Waals surface area contributed by atoms with Gasteiger partial charge in [0, 0.05) is 66.5 Å². The minimum absolute atomic E-state index is 0.122. The molecule has 3 aromatic rings. The third kappa shape index (κ3) is 17.5. The molecular formula is C39H50Cl2N10O6S2. The van der Waals surface area contributed by atoms with E-state index in [1.165, 1.54) is 41.7 Å². The van der Waals surface area contributed by atoms with Crippen molar-refractivity contribution in [3.05, 3.63) is 58.1 Å². The first-order valence-electron chi connectivity index (χ1n) is 19.0. The van der Waals surface area contributed by atoms with E-state index in [9.17, 15) is 28.8 Å². The van der Waals surface area contributed by atoms with Crippen molar-refractivity contribution in [1.82, 2.24) is 20.6 Å². The standard InChI is InChI=1S/C39H50Cl2N10O6S2/c1-4-6-7-10-34(54)48-27-17-25(40)19-29(36(27)58-15-13-43-23-52)50-38(56)31-21-32(47-22-46-31)39(57)51-30-20-26(41)18-28(37(30)59-16-14-45-33(53)5-2)49-35(55)11-8-9-12-44-24(3)42/h17-23H,4-16H2,1-3H3,(H2,42,44)(H,43,52)(H,45,53)(H,48,54)(H,49,55)(H,50,56)(H,51,57). The van der Waals surface area contributed by atoms with Crippen molar-refractivity contribution < 1.29 is 28.8 Å². The lowest BCUT2D eigenvalue weighted by Crippen LogP contribution is -2.24. The monoisotopic (exact) mass is 888 g/mol. The summed E-state index contributed by atoms with van der Waals surface area (Å²) in [6, 6.07) is 7.41.